The van der Waals surface area contributed by atoms with Crippen molar-refractivity contribution in [2.45, 2.75) is 51.9 Å². The van der Waals surface area contributed by atoms with Crippen LogP contribution in [0.5, 0.6) is 0 Å². The van der Waals surface area contributed by atoms with Crippen LogP contribution in [-0.4, -0.2) is 0 Å². The molecule has 0 aliphatic heterocycles. The van der Waals surface area contributed by atoms with E-state index in [9.17, 15) is 4.57 Å². The SMILES string of the molecule is CCCC/C=C1\CCCC\C1=C(\I)P(=O)(c1ccccc1)c1ccccc1. The van der Waals surface area contributed by atoms with E-state index in [1.807, 2.05) is 60.7 Å². The van der Waals surface area contributed by atoms with Crippen molar-refractivity contribution in [3.05, 3.63) is 81.2 Å². The summed E-state index contributed by atoms with van der Waals surface area (Å²) in [4.78, 5) is 0. The van der Waals surface area contributed by atoms with Gasteiger partial charge in [0.1, 0.15) is 0 Å². The molecule has 0 atom stereocenters. The molecule has 0 N–H and O–H groups in total. The van der Waals surface area contributed by atoms with Gasteiger partial charge in [0, 0.05) is 10.6 Å². The maximum atomic E-state index is 14.6. The van der Waals surface area contributed by atoms with E-state index in [0.29, 0.717) is 0 Å². The van der Waals surface area contributed by atoms with Gasteiger partial charge in [-0.25, -0.2) is 0 Å². The predicted molar refractivity (Wildman–Crippen MR) is 127 cm³/mol. The molecule has 3 rings (SSSR count). The number of benzene rings is 2. The summed E-state index contributed by atoms with van der Waals surface area (Å²) < 4.78 is 15.7. The molecular formula is C24H28IOP. The first-order chi connectivity index (χ1) is 13.2. The molecule has 0 unspecified atom stereocenters. The summed E-state index contributed by atoms with van der Waals surface area (Å²) in [7, 11) is -2.83. The van der Waals surface area contributed by atoms with Crippen LogP contribution < -0.4 is 10.6 Å². The largest absolute Gasteiger partial charge is 0.308 e. The van der Waals surface area contributed by atoms with E-state index in [-0.39, 0.29) is 0 Å². The number of allylic oxidation sites excluding steroid dienone is 3. The Morgan fingerprint density at radius 1 is 0.963 bits per heavy atom. The number of rotatable bonds is 6. The standard InChI is InChI=1S/C24H28IOP/c1-2-3-6-13-20-14-11-12-19-23(20)24(25)27(26,21-15-7-4-8-16-21)22-17-9-5-10-18-22/h4-5,7-10,13,15-18H,2-3,6,11-12,14,19H2,1H3/b20-13+,24-23+. The Labute approximate surface area is 177 Å². The Hall–Kier alpha value is -1.12. The van der Waals surface area contributed by atoms with Crippen LogP contribution in [0, 0.1) is 0 Å². The van der Waals surface area contributed by atoms with E-state index in [1.165, 1.54) is 36.8 Å². The lowest BCUT2D eigenvalue weighted by Crippen LogP contribution is -2.17. The molecule has 0 radical (unpaired) electrons. The second-order valence-corrected chi connectivity index (χ2v) is 11.8. The third-order valence-corrected chi connectivity index (χ3v) is 10.8. The Kier molecular flexibility index (Phi) is 7.55. The molecule has 1 saturated carbocycles. The van der Waals surface area contributed by atoms with E-state index < -0.39 is 7.14 Å². The average Bonchev–Trinajstić information content (AvgIpc) is 2.74. The zero-order chi connectivity index (χ0) is 19.1. The zero-order valence-electron chi connectivity index (χ0n) is 16.0. The minimum Gasteiger partial charge on any atom is -0.308 e. The fourth-order valence-electron chi connectivity index (χ4n) is 3.71. The maximum absolute atomic E-state index is 14.6. The average molecular weight is 490 g/mol. The van der Waals surface area contributed by atoms with Crippen LogP contribution in [0.2, 0.25) is 0 Å². The Morgan fingerprint density at radius 2 is 1.52 bits per heavy atom. The minimum atomic E-state index is -2.83. The lowest BCUT2D eigenvalue weighted by molar-refractivity contribution is 0.591. The highest BCUT2D eigenvalue weighted by molar-refractivity contribution is 14.1. The molecule has 1 fully saturated rings. The highest BCUT2D eigenvalue weighted by Crippen LogP contribution is 2.58. The highest BCUT2D eigenvalue weighted by Gasteiger charge is 2.33. The molecule has 142 valence electrons. The molecule has 1 aliphatic carbocycles. The second kappa shape index (κ2) is 9.89. The van der Waals surface area contributed by atoms with Crippen molar-refractivity contribution in [3.8, 4) is 0 Å². The molecule has 0 spiro atoms. The normalized spacial score (nSPS) is 18.5. The Bertz CT molecular complexity index is 809. The Morgan fingerprint density at radius 3 is 2.07 bits per heavy atom. The topological polar surface area (TPSA) is 17.1 Å². The van der Waals surface area contributed by atoms with Crippen LogP contribution in [0.1, 0.15) is 51.9 Å². The van der Waals surface area contributed by atoms with Crippen molar-refractivity contribution in [1.29, 1.82) is 0 Å². The molecule has 0 saturated heterocycles. The fourth-order valence-corrected chi connectivity index (χ4v) is 8.57. The molecule has 1 nitrogen and oxygen atoms in total. The van der Waals surface area contributed by atoms with Crippen molar-refractivity contribution < 1.29 is 4.57 Å². The number of hydrogen-bond donors (Lipinski definition) is 0. The summed E-state index contributed by atoms with van der Waals surface area (Å²) in [5, 5.41) is 1.87. The quantitative estimate of drug-likeness (QED) is 0.235. The lowest BCUT2D eigenvalue weighted by atomic mass is 9.90. The van der Waals surface area contributed by atoms with Crippen molar-refractivity contribution >= 4 is 40.3 Å². The van der Waals surface area contributed by atoms with E-state index >= 15 is 0 Å². The number of halogens is 1. The van der Waals surface area contributed by atoms with Crippen LogP contribution in [0.3, 0.4) is 0 Å². The molecular weight excluding hydrogens is 462 g/mol. The van der Waals surface area contributed by atoms with Gasteiger partial charge in [0.15, 0.2) is 7.14 Å². The third-order valence-electron chi connectivity index (χ3n) is 5.22. The lowest BCUT2D eigenvalue weighted by Gasteiger charge is -2.26. The van der Waals surface area contributed by atoms with E-state index in [4.69, 9.17) is 0 Å². The summed E-state index contributed by atoms with van der Waals surface area (Å²) in [6, 6.07) is 20.1. The van der Waals surface area contributed by atoms with Crippen molar-refractivity contribution in [1.82, 2.24) is 0 Å². The second-order valence-electron chi connectivity index (χ2n) is 7.13. The summed E-state index contributed by atoms with van der Waals surface area (Å²) >= 11 is 2.40. The van der Waals surface area contributed by atoms with Crippen LogP contribution in [-0.2, 0) is 4.57 Å². The first kappa shape index (κ1) is 20.6. The molecule has 2 aromatic rings. The molecule has 2 aromatic carbocycles. The van der Waals surface area contributed by atoms with E-state index in [0.717, 1.165) is 33.2 Å². The maximum Gasteiger partial charge on any atom is 0.177 e. The highest BCUT2D eigenvalue weighted by atomic mass is 127. The predicted octanol–water partition coefficient (Wildman–Crippen LogP) is 7.34. The monoisotopic (exact) mass is 490 g/mol. The molecule has 0 amide bonds. The van der Waals surface area contributed by atoms with Crippen LogP contribution in [0.4, 0.5) is 0 Å². The van der Waals surface area contributed by atoms with Crippen molar-refractivity contribution in [2.24, 2.45) is 0 Å². The van der Waals surface area contributed by atoms with Gasteiger partial charge in [-0.2, -0.15) is 0 Å². The van der Waals surface area contributed by atoms with Gasteiger partial charge in [0.25, 0.3) is 0 Å². The van der Waals surface area contributed by atoms with Crippen LogP contribution in [0.15, 0.2) is 81.2 Å². The first-order valence-corrected chi connectivity index (χ1v) is 12.8. The van der Waals surface area contributed by atoms with Gasteiger partial charge in [0.2, 0.25) is 0 Å². The molecule has 1 aliphatic rings. The van der Waals surface area contributed by atoms with E-state index in [2.05, 4.69) is 35.6 Å². The summed E-state index contributed by atoms with van der Waals surface area (Å²) in [6.45, 7) is 2.24. The number of unbranched alkanes of at least 4 members (excludes halogenated alkanes) is 2. The van der Waals surface area contributed by atoms with Gasteiger partial charge in [-0.15, -0.1) is 0 Å². The fraction of sp³-hybridized carbons (Fsp3) is 0.333. The molecule has 0 heterocycles. The third kappa shape index (κ3) is 4.66. The van der Waals surface area contributed by atoms with Gasteiger partial charge in [-0.3, -0.25) is 0 Å². The Balaban J connectivity index is 2.15. The molecule has 0 bridgehead atoms. The van der Waals surface area contributed by atoms with Crippen LogP contribution in [0.25, 0.3) is 0 Å². The molecule has 3 heteroatoms. The summed E-state index contributed by atoms with van der Waals surface area (Å²) in [6.07, 6.45) is 10.6. The minimum absolute atomic E-state index is 0.937. The zero-order valence-corrected chi connectivity index (χ0v) is 19.1. The van der Waals surface area contributed by atoms with Gasteiger partial charge in [-0.05, 0) is 65.8 Å². The van der Waals surface area contributed by atoms with Crippen molar-refractivity contribution in [3.63, 3.8) is 0 Å². The molecule has 0 aromatic heterocycles. The van der Waals surface area contributed by atoms with Gasteiger partial charge in [-0.1, -0.05) is 86.5 Å². The van der Waals surface area contributed by atoms with Crippen molar-refractivity contribution in [2.75, 3.05) is 0 Å². The molecule has 27 heavy (non-hydrogen) atoms. The van der Waals surface area contributed by atoms with Crippen LogP contribution >= 0.6 is 29.7 Å². The van der Waals surface area contributed by atoms with Gasteiger partial charge >= 0.3 is 0 Å². The first-order valence-electron chi connectivity index (χ1n) is 9.97. The smallest absolute Gasteiger partial charge is 0.177 e. The summed E-state index contributed by atoms with van der Waals surface area (Å²) in [5.41, 5.74) is 2.78. The summed E-state index contributed by atoms with van der Waals surface area (Å²) in [5.74, 6) is 0. The van der Waals surface area contributed by atoms with Gasteiger partial charge < -0.3 is 4.57 Å². The number of hydrogen-bond acceptors (Lipinski definition) is 1. The van der Waals surface area contributed by atoms with E-state index in [1.54, 1.807) is 0 Å². The van der Waals surface area contributed by atoms with Gasteiger partial charge in [0.05, 0.1) is 3.32 Å².